The molecule has 0 radical (unpaired) electrons. The topological polar surface area (TPSA) is 41.8 Å². The molecule has 0 aromatic carbocycles. The molecule has 6 unspecified atom stereocenters. The summed E-state index contributed by atoms with van der Waals surface area (Å²) in [5, 5.41) is 13.3. The molecule has 0 aromatic heterocycles. The van der Waals surface area contributed by atoms with Crippen molar-refractivity contribution in [2.45, 2.75) is 105 Å². The van der Waals surface area contributed by atoms with Crippen molar-refractivity contribution in [3.63, 3.8) is 0 Å². The van der Waals surface area contributed by atoms with Crippen LogP contribution in [0.2, 0.25) is 0 Å². The summed E-state index contributed by atoms with van der Waals surface area (Å²) in [4.78, 5) is 0. The van der Waals surface area contributed by atoms with Gasteiger partial charge in [0.2, 0.25) is 0 Å². The third kappa shape index (κ3) is 2.43. The van der Waals surface area contributed by atoms with Gasteiger partial charge >= 0.3 is 0 Å². The van der Waals surface area contributed by atoms with Gasteiger partial charge in [-0.3, -0.25) is 0 Å². The first kappa shape index (κ1) is 21.0. The molecule has 1 saturated heterocycles. The summed E-state index contributed by atoms with van der Waals surface area (Å²) in [6.45, 7) is 13.9. The van der Waals surface area contributed by atoms with Crippen molar-refractivity contribution in [3.8, 4) is 0 Å². The van der Waals surface area contributed by atoms with Gasteiger partial charge in [0.1, 0.15) is 0 Å². The lowest BCUT2D eigenvalue weighted by molar-refractivity contribution is -0.218. The van der Waals surface area contributed by atoms with Gasteiger partial charge < -0.3 is 9.94 Å². The average Bonchev–Trinajstić information content (AvgIpc) is 3.06. The summed E-state index contributed by atoms with van der Waals surface area (Å²) in [6.07, 6.45) is 13.9. The van der Waals surface area contributed by atoms with E-state index in [2.05, 4.69) is 39.8 Å². The van der Waals surface area contributed by atoms with Crippen LogP contribution < -0.4 is 0 Å². The van der Waals surface area contributed by atoms with Crippen molar-refractivity contribution in [2.75, 3.05) is 6.61 Å². The molecule has 3 nitrogen and oxygen atoms in total. The molecular formula is C28H45NO2. The highest BCUT2D eigenvalue weighted by Crippen LogP contribution is 2.76. The highest BCUT2D eigenvalue weighted by molar-refractivity contribution is 5.87. The van der Waals surface area contributed by atoms with E-state index < -0.39 is 0 Å². The molecule has 0 amide bonds. The van der Waals surface area contributed by atoms with E-state index in [4.69, 9.17) is 4.74 Å². The lowest BCUT2D eigenvalue weighted by atomic mass is 9.33. The van der Waals surface area contributed by atoms with Crippen LogP contribution in [0.4, 0.5) is 0 Å². The lowest BCUT2D eigenvalue weighted by Crippen LogP contribution is -2.65. The minimum Gasteiger partial charge on any atom is -0.411 e. The van der Waals surface area contributed by atoms with Crippen LogP contribution in [-0.4, -0.2) is 23.6 Å². The van der Waals surface area contributed by atoms with E-state index in [1.807, 2.05) is 0 Å². The Morgan fingerprint density at radius 3 is 2.29 bits per heavy atom. The second kappa shape index (κ2) is 6.51. The van der Waals surface area contributed by atoms with E-state index in [0.29, 0.717) is 39.6 Å². The summed E-state index contributed by atoms with van der Waals surface area (Å²) in [6, 6.07) is 0. The predicted octanol–water partition coefficient (Wildman–Crippen LogP) is 6.93. The van der Waals surface area contributed by atoms with Crippen molar-refractivity contribution in [2.24, 2.45) is 62.3 Å². The molecule has 5 saturated carbocycles. The molecule has 6 aliphatic rings. The molecule has 1 N–H and O–H groups in total. The zero-order chi connectivity index (χ0) is 21.8. The van der Waals surface area contributed by atoms with Gasteiger partial charge in [-0.05, 0) is 115 Å². The van der Waals surface area contributed by atoms with Crippen molar-refractivity contribution < 1.29 is 9.94 Å². The van der Waals surface area contributed by atoms with E-state index >= 15 is 0 Å². The molecule has 3 heteroatoms. The number of rotatable bonds is 0. The molecule has 1 aliphatic heterocycles. The van der Waals surface area contributed by atoms with Gasteiger partial charge in [0, 0.05) is 5.92 Å². The van der Waals surface area contributed by atoms with E-state index in [1.54, 1.807) is 0 Å². The molecule has 1 heterocycles. The molecule has 5 aliphatic carbocycles. The molecule has 11 atom stereocenters. The van der Waals surface area contributed by atoms with Crippen LogP contribution >= 0.6 is 0 Å². The minimum absolute atomic E-state index is 0.409. The fraction of sp³-hybridized carbons (Fsp3) is 0.964. The molecule has 174 valence electrons. The summed E-state index contributed by atoms with van der Waals surface area (Å²) in [5.41, 5.74) is 2.90. The third-order valence-corrected chi connectivity index (χ3v) is 13.0. The Hall–Kier alpha value is -0.570. The first-order valence-electron chi connectivity index (χ1n) is 13.5. The molecular weight excluding hydrogens is 382 g/mol. The van der Waals surface area contributed by atoms with Crippen LogP contribution in [0.5, 0.6) is 0 Å². The van der Waals surface area contributed by atoms with Gasteiger partial charge in [-0.25, -0.2) is 0 Å². The highest BCUT2D eigenvalue weighted by atomic mass is 16.5. The van der Waals surface area contributed by atoms with E-state index in [-0.39, 0.29) is 0 Å². The monoisotopic (exact) mass is 427 g/mol. The normalized spacial score (nSPS) is 61.8. The highest BCUT2D eigenvalue weighted by Gasteiger charge is 2.71. The smallest absolute Gasteiger partial charge is 0.0640 e. The number of nitrogens with zero attached hydrogens (tertiary/aromatic N) is 1. The Labute approximate surface area is 189 Å². The van der Waals surface area contributed by atoms with Crippen molar-refractivity contribution >= 4 is 5.71 Å². The SMILES string of the molecule is C[C@H]1CCC23CCC4[C@]5(C)CCC6[C@@H](C)/C(=N/O)CC[C@]6(C)C5CC[C@]4(C)C2C1OC3. The Balaban J connectivity index is 1.37. The molecule has 6 fully saturated rings. The minimum atomic E-state index is 0.409. The number of ether oxygens (including phenoxy) is 1. The fourth-order valence-corrected chi connectivity index (χ4v) is 11.7. The summed E-state index contributed by atoms with van der Waals surface area (Å²) in [7, 11) is 0. The Morgan fingerprint density at radius 2 is 1.52 bits per heavy atom. The maximum Gasteiger partial charge on any atom is 0.0640 e. The number of hydrogen-bond donors (Lipinski definition) is 1. The lowest BCUT2D eigenvalue weighted by Gasteiger charge is -2.71. The maximum absolute atomic E-state index is 9.57. The first-order chi connectivity index (χ1) is 14.7. The largest absolute Gasteiger partial charge is 0.411 e. The molecule has 31 heavy (non-hydrogen) atoms. The Morgan fingerprint density at radius 1 is 0.839 bits per heavy atom. The van der Waals surface area contributed by atoms with Gasteiger partial charge in [-0.15, -0.1) is 0 Å². The predicted molar refractivity (Wildman–Crippen MR) is 124 cm³/mol. The van der Waals surface area contributed by atoms with Crippen LogP contribution in [0.1, 0.15) is 98.8 Å². The zero-order valence-electron chi connectivity index (χ0n) is 20.6. The summed E-state index contributed by atoms with van der Waals surface area (Å²) in [5.74, 6) is 4.36. The maximum atomic E-state index is 9.57. The first-order valence-corrected chi connectivity index (χ1v) is 13.5. The van der Waals surface area contributed by atoms with Crippen LogP contribution in [0.3, 0.4) is 0 Å². The average molecular weight is 428 g/mol. The third-order valence-electron chi connectivity index (χ3n) is 13.0. The number of fused-ring (bicyclic) bond motifs is 5. The molecule has 2 bridgehead atoms. The molecule has 0 spiro atoms. The molecule has 6 rings (SSSR count). The van der Waals surface area contributed by atoms with E-state index in [9.17, 15) is 5.21 Å². The van der Waals surface area contributed by atoms with Gasteiger partial charge in [0.25, 0.3) is 0 Å². The number of hydrogen-bond acceptors (Lipinski definition) is 3. The standard InChI is InChI=1S/C28H45NO2/c1-17-6-14-28-15-10-22-26(4)11-7-19-18(2)20(29-30)8-12-25(19,3)21(26)9-13-27(22,5)24(28)23(17)31-16-28/h17-19,21-24,30H,6-16H2,1-5H3/b29-20+/t17-,18+,19?,21?,22?,23?,24?,25-,26+,27-,28?/m0/s1. The van der Waals surface area contributed by atoms with Crippen molar-refractivity contribution in [1.82, 2.24) is 0 Å². The van der Waals surface area contributed by atoms with Crippen LogP contribution in [0, 0.1) is 57.2 Å². The van der Waals surface area contributed by atoms with Crippen LogP contribution in [-0.2, 0) is 4.74 Å². The van der Waals surface area contributed by atoms with E-state index in [0.717, 1.165) is 42.4 Å². The van der Waals surface area contributed by atoms with Crippen molar-refractivity contribution in [3.05, 3.63) is 0 Å². The van der Waals surface area contributed by atoms with Crippen LogP contribution in [0.15, 0.2) is 5.16 Å². The second-order valence-electron chi connectivity index (χ2n) is 13.9. The van der Waals surface area contributed by atoms with Gasteiger partial charge in [-0.2, -0.15) is 0 Å². The zero-order valence-corrected chi connectivity index (χ0v) is 20.6. The van der Waals surface area contributed by atoms with Crippen LogP contribution in [0.25, 0.3) is 0 Å². The number of oxime groups is 1. The fourth-order valence-electron chi connectivity index (χ4n) is 11.7. The van der Waals surface area contributed by atoms with Crippen molar-refractivity contribution in [1.29, 1.82) is 0 Å². The van der Waals surface area contributed by atoms with Gasteiger partial charge in [-0.1, -0.05) is 39.8 Å². The summed E-state index contributed by atoms with van der Waals surface area (Å²) < 4.78 is 6.62. The van der Waals surface area contributed by atoms with Gasteiger partial charge in [0.05, 0.1) is 18.4 Å². The van der Waals surface area contributed by atoms with E-state index in [1.165, 1.54) is 57.8 Å². The molecule has 0 aromatic rings. The van der Waals surface area contributed by atoms with Gasteiger partial charge in [0.15, 0.2) is 0 Å². The summed E-state index contributed by atoms with van der Waals surface area (Å²) >= 11 is 0. The Kier molecular flexibility index (Phi) is 4.41. The quantitative estimate of drug-likeness (QED) is 0.336. The second-order valence-corrected chi connectivity index (χ2v) is 13.9. The Bertz CT molecular complexity index is 794.